The molecule has 0 aliphatic heterocycles. The van der Waals surface area contributed by atoms with E-state index in [1.807, 2.05) is 18.2 Å². The van der Waals surface area contributed by atoms with Gasteiger partial charge in [-0.2, -0.15) is 0 Å². The minimum atomic E-state index is -0.982. The molecule has 0 aliphatic rings. The molecule has 1 aromatic rings. The molecule has 0 radical (unpaired) electrons. The van der Waals surface area contributed by atoms with Crippen molar-refractivity contribution in [1.82, 2.24) is 5.32 Å². The molecule has 0 heterocycles. The second-order valence-electron chi connectivity index (χ2n) is 3.94. The Hall–Kier alpha value is -0.380. The molecule has 1 aromatic carbocycles. The van der Waals surface area contributed by atoms with E-state index in [-0.39, 0.29) is 0 Å². The average molecular weight is 260 g/mol. The monoisotopic (exact) mass is 259 g/mol. The van der Waals surface area contributed by atoms with Crippen molar-refractivity contribution in [3.8, 4) is 0 Å². The van der Waals surface area contributed by atoms with Gasteiger partial charge in [-0.1, -0.05) is 37.6 Å². The molecule has 1 atom stereocenters. The highest BCUT2D eigenvalue weighted by molar-refractivity contribution is 7.85. The predicted octanol–water partition coefficient (Wildman–Crippen LogP) is 2.84. The van der Waals surface area contributed by atoms with E-state index in [2.05, 4.69) is 19.2 Å². The van der Waals surface area contributed by atoms with E-state index in [0.717, 1.165) is 17.9 Å². The van der Waals surface area contributed by atoms with E-state index >= 15 is 0 Å². The van der Waals surface area contributed by atoms with Crippen LogP contribution in [0.4, 0.5) is 0 Å². The lowest BCUT2D eigenvalue weighted by molar-refractivity contribution is 0.583. The summed E-state index contributed by atoms with van der Waals surface area (Å²) in [6.45, 7) is 5.10. The Morgan fingerprint density at radius 3 is 2.69 bits per heavy atom. The molecular weight excluding hydrogens is 242 g/mol. The van der Waals surface area contributed by atoms with Crippen LogP contribution >= 0.6 is 11.6 Å². The van der Waals surface area contributed by atoms with Gasteiger partial charge in [0.05, 0.1) is 20.7 Å². The summed E-state index contributed by atoms with van der Waals surface area (Å²) in [5, 5.41) is 3.89. The second-order valence-corrected chi connectivity index (χ2v) is 5.89. The Balaban J connectivity index is 2.39. The summed E-state index contributed by atoms with van der Waals surface area (Å²) < 4.78 is 11.9. The van der Waals surface area contributed by atoms with Crippen LogP contribution in [-0.4, -0.2) is 22.5 Å². The smallest absolute Gasteiger partial charge is 0.0574 e. The maximum absolute atomic E-state index is 11.9. The Kier molecular flexibility index (Phi) is 6.03. The van der Waals surface area contributed by atoms with Crippen LogP contribution in [0.5, 0.6) is 0 Å². The standard InChI is InChI=1S/C12H18ClNOS/c1-10(2)14-8-5-9-16(15)12-7-4-3-6-11(12)13/h3-4,6-7,10,14H,5,8-9H2,1-2H3. The average Bonchev–Trinajstić information content (AvgIpc) is 2.24. The molecule has 0 amide bonds. The van der Waals surface area contributed by atoms with Gasteiger partial charge in [-0.05, 0) is 25.1 Å². The van der Waals surface area contributed by atoms with E-state index in [4.69, 9.17) is 11.6 Å². The molecule has 0 saturated carbocycles. The molecule has 16 heavy (non-hydrogen) atoms. The number of hydrogen-bond donors (Lipinski definition) is 1. The van der Waals surface area contributed by atoms with Crippen molar-refractivity contribution in [2.45, 2.75) is 31.2 Å². The van der Waals surface area contributed by atoms with Gasteiger partial charge in [-0.3, -0.25) is 4.21 Å². The second kappa shape index (κ2) is 7.05. The van der Waals surface area contributed by atoms with Gasteiger partial charge in [-0.15, -0.1) is 0 Å². The number of hydrogen-bond acceptors (Lipinski definition) is 2. The minimum Gasteiger partial charge on any atom is -0.315 e. The fourth-order valence-corrected chi connectivity index (χ4v) is 2.87. The Bertz CT molecular complexity index is 355. The molecule has 90 valence electrons. The summed E-state index contributed by atoms with van der Waals surface area (Å²) in [5.74, 6) is 0.656. The molecule has 0 fully saturated rings. The van der Waals surface area contributed by atoms with Crippen molar-refractivity contribution in [2.24, 2.45) is 0 Å². The molecule has 0 saturated heterocycles. The fourth-order valence-electron chi connectivity index (χ4n) is 1.33. The Labute approximate surface area is 105 Å². The molecule has 1 rings (SSSR count). The highest BCUT2D eigenvalue weighted by atomic mass is 35.5. The summed E-state index contributed by atoms with van der Waals surface area (Å²) in [5.41, 5.74) is 0. The van der Waals surface area contributed by atoms with E-state index in [1.165, 1.54) is 0 Å². The predicted molar refractivity (Wildman–Crippen MR) is 70.5 cm³/mol. The van der Waals surface area contributed by atoms with Gasteiger partial charge in [0.2, 0.25) is 0 Å². The maximum Gasteiger partial charge on any atom is 0.0574 e. The van der Waals surface area contributed by atoms with E-state index < -0.39 is 10.8 Å². The summed E-state index contributed by atoms with van der Waals surface area (Å²) in [4.78, 5) is 0.744. The first-order valence-corrected chi connectivity index (χ1v) is 7.17. The third-order valence-corrected chi connectivity index (χ3v) is 4.09. The van der Waals surface area contributed by atoms with Crippen molar-refractivity contribution >= 4 is 22.4 Å². The number of halogens is 1. The molecule has 2 nitrogen and oxygen atoms in total. The van der Waals surface area contributed by atoms with Gasteiger partial charge >= 0.3 is 0 Å². The molecule has 0 aromatic heterocycles. The van der Waals surface area contributed by atoms with Crippen LogP contribution in [-0.2, 0) is 10.8 Å². The lowest BCUT2D eigenvalue weighted by Gasteiger charge is -2.08. The Morgan fingerprint density at radius 2 is 2.06 bits per heavy atom. The third kappa shape index (κ3) is 4.64. The highest BCUT2D eigenvalue weighted by Crippen LogP contribution is 2.19. The fraction of sp³-hybridized carbons (Fsp3) is 0.500. The van der Waals surface area contributed by atoms with Gasteiger partial charge < -0.3 is 5.32 Å². The van der Waals surface area contributed by atoms with Crippen LogP contribution in [0.25, 0.3) is 0 Å². The molecule has 0 aliphatic carbocycles. The van der Waals surface area contributed by atoms with Gasteiger partial charge in [0.25, 0.3) is 0 Å². The molecule has 0 bridgehead atoms. The first-order chi connectivity index (χ1) is 7.61. The third-order valence-electron chi connectivity index (χ3n) is 2.14. The molecular formula is C12H18ClNOS. The lowest BCUT2D eigenvalue weighted by Crippen LogP contribution is -2.24. The topological polar surface area (TPSA) is 29.1 Å². The molecule has 1 unspecified atom stereocenters. The van der Waals surface area contributed by atoms with Gasteiger partial charge in [0, 0.05) is 11.8 Å². The van der Waals surface area contributed by atoms with Crippen LogP contribution in [0, 0.1) is 0 Å². The van der Waals surface area contributed by atoms with Crippen LogP contribution in [0.15, 0.2) is 29.2 Å². The summed E-state index contributed by atoms with van der Waals surface area (Å²) >= 11 is 5.97. The Morgan fingerprint density at radius 1 is 1.38 bits per heavy atom. The highest BCUT2D eigenvalue weighted by Gasteiger charge is 2.07. The van der Waals surface area contributed by atoms with Gasteiger partial charge in [0.15, 0.2) is 0 Å². The van der Waals surface area contributed by atoms with Gasteiger partial charge in [-0.25, -0.2) is 0 Å². The molecule has 0 spiro atoms. The zero-order valence-corrected chi connectivity index (χ0v) is 11.3. The van der Waals surface area contributed by atoms with Crippen molar-refractivity contribution in [1.29, 1.82) is 0 Å². The minimum absolute atomic E-state index is 0.480. The SMILES string of the molecule is CC(C)NCCCS(=O)c1ccccc1Cl. The normalized spacial score (nSPS) is 13.0. The van der Waals surface area contributed by atoms with E-state index in [9.17, 15) is 4.21 Å². The number of nitrogens with one attached hydrogen (secondary N) is 1. The summed E-state index contributed by atoms with van der Waals surface area (Å²) in [7, 11) is -0.982. The van der Waals surface area contributed by atoms with E-state index in [1.54, 1.807) is 6.07 Å². The molecule has 1 N–H and O–H groups in total. The maximum atomic E-state index is 11.9. The van der Waals surface area contributed by atoms with Gasteiger partial charge in [0.1, 0.15) is 0 Å². The van der Waals surface area contributed by atoms with E-state index in [0.29, 0.717) is 16.8 Å². The quantitative estimate of drug-likeness (QED) is 0.796. The van der Waals surface area contributed by atoms with Crippen LogP contribution in [0.3, 0.4) is 0 Å². The van der Waals surface area contributed by atoms with Crippen LogP contribution < -0.4 is 5.32 Å². The summed E-state index contributed by atoms with van der Waals surface area (Å²) in [6.07, 6.45) is 0.899. The van der Waals surface area contributed by atoms with Crippen LogP contribution in [0.2, 0.25) is 5.02 Å². The van der Waals surface area contributed by atoms with Crippen molar-refractivity contribution in [3.63, 3.8) is 0 Å². The van der Waals surface area contributed by atoms with Crippen molar-refractivity contribution in [2.75, 3.05) is 12.3 Å². The van der Waals surface area contributed by atoms with Crippen molar-refractivity contribution in [3.05, 3.63) is 29.3 Å². The number of rotatable bonds is 6. The lowest BCUT2D eigenvalue weighted by atomic mass is 10.4. The first kappa shape index (κ1) is 13.7. The summed E-state index contributed by atoms with van der Waals surface area (Å²) in [6, 6.07) is 7.80. The van der Waals surface area contributed by atoms with Crippen LogP contribution in [0.1, 0.15) is 20.3 Å². The first-order valence-electron chi connectivity index (χ1n) is 5.47. The number of benzene rings is 1. The van der Waals surface area contributed by atoms with Crippen molar-refractivity contribution < 1.29 is 4.21 Å². The largest absolute Gasteiger partial charge is 0.315 e. The zero-order valence-electron chi connectivity index (χ0n) is 9.70. The zero-order chi connectivity index (χ0) is 12.0. The molecule has 4 heteroatoms.